The van der Waals surface area contributed by atoms with Gasteiger partial charge in [-0.25, -0.2) is 0 Å². The second-order valence-corrected chi connectivity index (χ2v) is 8.30. The Labute approximate surface area is 187 Å². The van der Waals surface area contributed by atoms with Crippen LogP contribution in [0.5, 0.6) is 11.5 Å². The van der Waals surface area contributed by atoms with Crippen molar-refractivity contribution in [3.8, 4) is 11.5 Å². The summed E-state index contributed by atoms with van der Waals surface area (Å²) in [5.41, 5.74) is 1.40. The standard InChI is InChI=1S/C23H18BrClN2O3/c24-16-1-9-20(10-2-16)30-21-11-5-18(6-12-21)26-23(29)15-13-22(28)27(14-15)19-7-3-17(25)4-8-19/h1-12,15H,13-14H2,(H,26,29)/t15-/m0/s1. The van der Waals surface area contributed by atoms with E-state index in [-0.39, 0.29) is 18.2 Å². The minimum atomic E-state index is -0.410. The van der Waals surface area contributed by atoms with Crippen LogP contribution in [0.2, 0.25) is 5.02 Å². The van der Waals surface area contributed by atoms with Crippen molar-refractivity contribution in [2.75, 3.05) is 16.8 Å². The molecule has 1 heterocycles. The van der Waals surface area contributed by atoms with Crippen LogP contribution in [0.3, 0.4) is 0 Å². The van der Waals surface area contributed by atoms with Crippen LogP contribution in [0.4, 0.5) is 11.4 Å². The van der Waals surface area contributed by atoms with E-state index >= 15 is 0 Å². The smallest absolute Gasteiger partial charge is 0.229 e. The summed E-state index contributed by atoms with van der Waals surface area (Å²) in [5, 5.41) is 3.49. The Kier molecular flexibility index (Phi) is 6.06. The van der Waals surface area contributed by atoms with Gasteiger partial charge in [0.05, 0.1) is 5.92 Å². The Bertz CT molecular complexity index is 1050. The van der Waals surface area contributed by atoms with Gasteiger partial charge in [0.2, 0.25) is 11.8 Å². The Morgan fingerprint density at radius 3 is 2.20 bits per heavy atom. The lowest BCUT2D eigenvalue weighted by molar-refractivity contribution is -0.122. The van der Waals surface area contributed by atoms with Crippen LogP contribution < -0.4 is 15.0 Å². The Hall–Kier alpha value is -2.83. The van der Waals surface area contributed by atoms with Crippen molar-refractivity contribution in [1.29, 1.82) is 0 Å². The summed E-state index contributed by atoms with van der Waals surface area (Å²) in [4.78, 5) is 26.6. The second kappa shape index (κ2) is 8.90. The van der Waals surface area contributed by atoms with Gasteiger partial charge in [-0.2, -0.15) is 0 Å². The van der Waals surface area contributed by atoms with Crippen molar-refractivity contribution < 1.29 is 14.3 Å². The lowest BCUT2D eigenvalue weighted by Gasteiger charge is -2.17. The molecule has 0 radical (unpaired) electrons. The average molecular weight is 486 g/mol. The number of amides is 2. The molecule has 7 heteroatoms. The van der Waals surface area contributed by atoms with Gasteiger partial charge < -0.3 is 15.0 Å². The van der Waals surface area contributed by atoms with E-state index in [4.69, 9.17) is 16.3 Å². The van der Waals surface area contributed by atoms with Crippen LogP contribution in [0, 0.1) is 5.92 Å². The minimum Gasteiger partial charge on any atom is -0.457 e. The highest BCUT2D eigenvalue weighted by molar-refractivity contribution is 9.10. The molecular weight excluding hydrogens is 468 g/mol. The average Bonchev–Trinajstić information content (AvgIpc) is 3.13. The van der Waals surface area contributed by atoms with Crippen LogP contribution in [0.1, 0.15) is 6.42 Å². The molecule has 1 aliphatic heterocycles. The van der Waals surface area contributed by atoms with E-state index in [0.717, 1.165) is 15.9 Å². The van der Waals surface area contributed by atoms with Crippen LogP contribution in [0.15, 0.2) is 77.3 Å². The first-order valence-corrected chi connectivity index (χ1v) is 10.6. The maximum Gasteiger partial charge on any atom is 0.229 e. The molecule has 0 aliphatic carbocycles. The molecule has 3 aromatic rings. The summed E-state index contributed by atoms with van der Waals surface area (Å²) in [6, 6.07) is 21.7. The lowest BCUT2D eigenvalue weighted by atomic mass is 10.1. The Morgan fingerprint density at radius 1 is 0.967 bits per heavy atom. The van der Waals surface area contributed by atoms with E-state index in [1.807, 2.05) is 24.3 Å². The number of ether oxygens (including phenoxy) is 1. The topological polar surface area (TPSA) is 58.6 Å². The largest absolute Gasteiger partial charge is 0.457 e. The van der Waals surface area contributed by atoms with Gasteiger partial charge in [-0.05, 0) is 72.8 Å². The zero-order valence-electron chi connectivity index (χ0n) is 15.8. The third-order valence-corrected chi connectivity index (χ3v) is 5.59. The van der Waals surface area contributed by atoms with E-state index in [9.17, 15) is 9.59 Å². The molecule has 2 amide bonds. The number of hydrogen-bond acceptors (Lipinski definition) is 3. The minimum absolute atomic E-state index is 0.0734. The van der Waals surface area contributed by atoms with Crippen molar-refractivity contribution in [2.24, 2.45) is 5.92 Å². The van der Waals surface area contributed by atoms with Crippen LogP contribution in [0.25, 0.3) is 0 Å². The number of nitrogens with one attached hydrogen (secondary N) is 1. The molecular formula is C23H18BrClN2O3. The lowest BCUT2D eigenvalue weighted by Crippen LogP contribution is -2.28. The summed E-state index contributed by atoms with van der Waals surface area (Å²) in [5.74, 6) is 0.728. The number of carbonyl (C=O) groups is 2. The highest BCUT2D eigenvalue weighted by atomic mass is 79.9. The summed E-state index contributed by atoms with van der Waals surface area (Å²) in [6.07, 6.45) is 0.180. The molecule has 1 atom stereocenters. The van der Waals surface area contributed by atoms with Crippen molar-refractivity contribution in [3.05, 3.63) is 82.3 Å². The molecule has 0 saturated carbocycles. The predicted molar refractivity (Wildman–Crippen MR) is 121 cm³/mol. The van der Waals surface area contributed by atoms with Gasteiger partial charge in [0.15, 0.2) is 0 Å². The first kappa shape index (κ1) is 20.4. The third kappa shape index (κ3) is 4.83. The summed E-state index contributed by atoms with van der Waals surface area (Å²) in [6.45, 7) is 0.344. The maximum atomic E-state index is 12.7. The molecule has 3 aromatic carbocycles. The zero-order valence-corrected chi connectivity index (χ0v) is 18.2. The summed E-state index contributed by atoms with van der Waals surface area (Å²) >= 11 is 9.30. The predicted octanol–water partition coefficient (Wildman–Crippen LogP) is 5.89. The fraction of sp³-hybridized carbons (Fsp3) is 0.130. The molecule has 0 spiro atoms. The van der Waals surface area contributed by atoms with Gasteiger partial charge >= 0.3 is 0 Å². The number of carbonyl (C=O) groups excluding carboxylic acids is 2. The van der Waals surface area contributed by atoms with Crippen molar-refractivity contribution in [1.82, 2.24) is 0 Å². The van der Waals surface area contributed by atoms with Crippen LogP contribution in [-0.2, 0) is 9.59 Å². The molecule has 0 aromatic heterocycles. The molecule has 4 rings (SSSR count). The Morgan fingerprint density at radius 2 is 1.57 bits per heavy atom. The van der Waals surface area contributed by atoms with E-state index < -0.39 is 5.92 Å². The number of halogens is 2. The third-order valence-electron chi connectivity index (χ3n) is 4.81. The number of nitrogens with zero attached hydrogens (tertiary/aromatic N) is 1. The van der Waals surface area contributed by atoms with Gasteiger partial charge in [0.25, 0.3) is 0 Å². The van der Waals surface area contributed by atoms with E-state index in [0.29, 0.717) is 23.0 Å². The first-order valence-electron chi connectivity index (χ1n) is 9.38. The highest BCUT2D eigenvalue weighted by Gasteiger charge is 2.35. The van der Waals surface area contributed by atoms with E-state index in [2.05, 4.69) is 21.2 Å². The molecule has 1 aliphatic rings. The summed E-state index contributed by atoms with van der Waals surface area (Å²) < 4.78 is 6.76. The van der Waals surface area contributed by atoms with Crippen molar-refractivity contribution >= 4 is 50.7 Å². The van der Waals surface area contributed by atoms with Gasteiger partial charge in [-0.1, -0.05) is 27.5 Å². The molecule has 0 bridgehead atoms. The highest BCUT2D eigenvalue weighted by Crippen LogP contribution is 2.28. The first-order chi connectivity index (χ1) is 14.5. The fourth-order valence-corrected chi connectivity index (χ4v) is 3.63. The monoisotopic (exact) mass is 484 g/mol. The van der Waals surface area contributed by atoms with Crippen LogP contribution in [-0.4, -0.2) is 18.4 Å². The molecule has 1 saturated heterocycles. The number of rotatable bonds is 5. The van der Waals surface area contributed by atoms with Crippen LogP contribution >= 0.6 is 27.5 Å². The molecule has 152 valence electrons. The maximum absolute atomic E-state index is 12.7. The molecule has 0 unspecified atom stereocenters. The number of anilines is 2. The second-order valence-electron chi connectivity index (χ2n) is 6.95. The molecule has 5 nitrogen and oxygen atoms in total. The van der Waals surface area contributed by atoms with Gasteiger partial charge in [-0.3, -0.25) is 9.59 Å². The summed E-state index contributed by atoms with van der Waals surface area (Å²) in [7, 11) is 0. The van der Waals surface area contributed by atoms with Gasteiger partial charge in [-0.15, -0.1) is 0 Å². The SMILES string of the molecule is O=C(Nc1ccc(Oc2ccc(Br)cc2)cc1)[C@H]1CC(=O)N(c2ccc(Cl)cc2)C1. The van der Waals surface area contributed by atoms with Crippen molar-refractivity contribution in [2.45, 2.75) is 6.42 Å². The number of hydrogen-bond donors (Lipinski definition) is 1. The molecule has 1 N–H and O–H groups in total. The molecule has 30 heavy (non-hydrogen) atoms. The molecule has 1 fully saturated rings. The van der Waals surface area contributed by atoms with Gasteiger partial charge in [0.1, 0.15) is 11.5 Å². The zero-order chi connectivity index (χ0) is 21.1. The van der Waals surface area contributed by atoms with E-state index in [1.54, 1.807) is 53.4 Å². The fourth-order valence-electron chi connectivity index (χ4n) is 3.24. The van der Waals surface area contributed by atoms with Gasteiger partial charge in [0, 0.05) is 33.8 Å². The van der Waals surface area contributed by atoms with Crippen molar-refractivity contribution in [3.63, 3.8) is 0 Å². The Balaban J connectivity index is 1.36. The number of benzene rings is 3. The quantitative estimate of drug-likeness (QED) is 0.490. The normalized spacial score (nSPS) is 15.9. The van der Waals surface area contributed by atoms with E-state index in [1.165, 1.54) is 0 Å².